The molecule has 0 aliphatic carbocycles. The molecule has 122 valence electrons. The van der Waals surface area contributed by atoms with Crippen LogP contribution in [0, 0.1) is 5.92 Å². The van der Waals surface area contributed by atoms with E-state index in [1.807, 2.05) is 13.8 Å². The standard InChI is InChI=1S/C14H23Br2NO4/c1-14(2,10-5-7-17-8-6-10)21-11(18)4-3-9-20-13(19)12(15)16/h10,12,17H,3-9H2,1-2H3. The van der Waals surface area contributed by atoms with Gasteiger partial charge in [0.15, 0.2) is 3.74 Å². The normalized spacial score (nSPS) is 16.8. The molecular weight excluding hydrogens is 406 g/mol. The molecule has 0 saturated carbocycles. The average molecular weight is 429 g/mol. The number of ether oxygens (including phenoxy) is 2. The Morgan fingerprint density at radius 2 is 1.90 bits per heavy atom. The quantitative estimate of drug-likeness (QED) is 0.383. The van der Waals surface area contributed by atoms with Gasteiger partial charge in [0.1, 0.15) is 5.60 Å². The lowest BCUT2D eigenvalue weighted by atomic mass is 9.83. The van der Waals surface area contributed by atoms with Crippen molar-refractivity contribution >= 4 is 43.8 Å². The minimum atomic E-state index is -0.504. The molecule has 5 nitrogen and oxygen atoms in total. The Hall–Kier alpha value is -0.140. The van der Waals surface area contributed by atoms with E-state index in [2.05, 4.69) is 37.2 Å². The van der Waals surface area contributed by atoms with Crippen molar-refractivity contribution in [2.24, 2.45) is 5.92 Å². The number of nitrogens with one attached hydrogen (secondary N) is 1. The lowest BCUT2D eigenvalue weighted by molar-refractivity contribution is -0.163. The summed E-state index contributed by atoms with van der Waals surface area (Å²) in [6.45, 7) is 6.11. The van der Waals surface area contributed by atoms with Gasteiger partial charge in [-0.1, -0.05) is 31.9 Å². The third-order valence-corrected chi connectivity index (χ3v) is 4.39. The van der Waals surface area contributed by atoms with E-state index in [-0.39, 0.29) is 19.0 Å². The first kappa shape index (κ1) is 18.9. The van der Waals surface area contributed by atoms with Crippen molar-refractivity contribution in [1.29, 1.82) is 0 Å². The first-order chi connectivity index (χ1) is 9.83. The maximum atomic E-state index is 11.9. The number of rotatable bonds is 7. The minimum absolute atomic E-state index is 0.218. The maximum Gasteiger partial charge on any atom is 0.330 e. The Kier molecular flexibility index (Phi) is 8.19. The zero-order chi connectivity index (χ0) is 15.9. The Morgan fingerprint density at radius 1 is 1.29 bits per heavy atom. The van der Waals surface area contributed by atoms with Crippen molar-refractivity contribution in [3.05, 3.63) is 0 Å². The Bertz CT molecular complexity index is 355. The number of carbonyl (C=O) groups excluding carboxylic acids is 2. The molecule has 0 bridgehead atoms. The molecule has 21 heavy (non-hydrogen) atoms. The van der Waals surface area contributed by atoms with Gasteiger partial charge in [0, 0.05) is 12.3 Å². The molecule has 0 atom stereocenters. The van der Waals surface area contributed by atoms with Gasteiger partial charge < -0.3 is 14.8 Å². The zero-order valence-electron chi connectivity index (χ0n) is 12.5. The van der Waals surface area contributed by atoms with Gasteiger partial charge in [0.2, 0.25) is 0 Å². The first-order valence-corrected chi connectivity index (χ1v) is 9.03. The summed E-state index contributed by atoms with van der Waals surface area (Å²) in [4.78, 5) is 23.1. The van der Waals surface area contributed by atoms with E-state index in [0.717, 1.165) is 25.9 Å². The van der Waals surface area contributed by atoms with Crippen LogP contribution in [-0.2, 0) is 19.1 Å². The highest BCUT2D eigenvalue weighted by Crippen LogP contribution is 2.29. The molecular formula is C14H23Br2NO4. The summed E-state index contributed by atoms with van der Waals surface area (Å²) in [7, 11) is 0. The van der Waals surface area contributed by atoms with Gasteiger partial charge in [-0.3, -0.25) is 4.79 Å². The van der Waals surface area contributed by atoms with Crippen molar-refractivity contribution in [2.45, 2.75) is 48.9 Å². The number of carbonyl (C=O) groups is 2. The van der Waals surface area contributed by atoms with Crippen molar-refractivity contribution in [2.75, 3.05) is 19.7 Å². The number of piperidine rings is 1. The van der Waals surface area contributed by atoms with E-state index in [0.29, 0.717) is 12.3 Å². The van der Waals surface area contributed by atoms with Crippen molar-refractivity contribution < 1.29 is 19.1 Å². The number of esters is 2. The maximum absolute atomic E-state index is 11.9. The molecule has 1 fully saturated rings. The van der Waals surface area contributed by atoms with Crippen LogP contribution in [0.5, 0.6) is 0 Å². The number of hydrogen-bond donors (Lipinski definition) is 1. The fourth-order valence-electron chi connectivity index (χ4n) is 2.40. The highest BCUT2D eigenvalue weighted by Gasteiger charge is 2.33. The smallest absolute Gasteiger partial charge is 0.330 e. The van der Waals surface area contributed by atoms with Crippen LogP contribution in [-0.4, -0.2) is 41.0 Å². The molecule has 0 aromatic rings. The second kappa shape index (κ2) is 9.10. The van der Waals surface area contributed by atoms with Crippen LogP contribution in [0.25, 0.3) is 0 Å². The topological polar surface area (TPSA) is 64.6 Å². The second-order valence-electron chi connectivity index (χ2n) is 5.67. The molecule has 1 rings (SSSR count). The van der Waals surface area contributed by atoms with E-state index in [1.165, 1.54) is 0 Å². The van der Waals surface area contributed by atoms with Crippen LogP contribution >= 0.6 is 31.9 Å². The average Bonchev–Trinajstić information content (AvgIpc) is 2.43. The van der Waals surface area contributed by atoms with Gasteiger partial charge in [0.05, 0.1) is 6.61 Å². The van der Waals surface area contributed by atoms with Crippen LogP contribution in [0.2, 0.25) is 0 Å². The molecule has 0 aromatic heterocycles. The van der Waals surface area contributed by atoms with Crippen LogP contribution in [0.3, 0.4) is 0 Å². The fourth-order valence-corrected chi connectivity index (χ4v) is 2.66. The van der Waals surface area contributed by atoms with Crippen molar-refractivity contribution in [1.82, 2.24) is 5.32 Å². The molecule has 0 aromatic carbocycles. The van der Waals surface area contributed by atoms with Gasteiger partial charge in [-0.05, 0) is 46.2 Å². The molecule has 0 amide bonds. The summed E-state index contributed by atoms with van der Waals surface area (Å²) in [6, 6.07) is 0. The molecule has 0 unspecified atom stereocenters. The van der Waals surface area contributed by atoms with Gasteiger partial charge in [-0.15, -0.1) is 0 Å². The van der Waals surface area contributed by atoms with Crippen LogP contribution in [0.15, 0.2) is 0 Å². The lowest BCUT2D eigenvalue weighted by Gasteiger charge is -2.36. The van der Waals surface area contributed by atoms with Gasteiger partial charge >= 0.3 is 11.9 Å². The fraction of sp³-hybridized carbons (Fsp3) is 0.857. The van der Waals surface area contributed by atoms with Crippen LogP contribution in [0.4, 0.5) is 0 Å². The number of hydrogen-bond acceptors (Lipinski definition) is 5. The van der Waals surface area contributed by atoms with Crippen LogP contribution < -0.4 is 5.32 Å². The number of alkyl halides is 2. The largest absolute Gasteiger partial charge is 0.464 e. The summed E-state index contributed by atoms with van der Waals surface area (Å²) in [5, 5.41) is 3.31. The summed E-state index contributed by atoms with van der Waals surface area (Å²) in [6.07, 6.45) is 2.78. The predicted molar refractivity (Wildman–Crippen MR) is 87.6 cm³/mol. The monoisotopic (exact) mass is 427 g/mol. The van der Waals surface area contributed by atoms with E-state index in [1.54, 1.807) is 0 Å². The highest BCUT2D eigenvalue weighted by atomic mass is 79.9. The van der Waals surface area contributed by atoms with E-state index < -0.39 is 15.3 Å². The lowest BCUT2D eigenvalue weighted by Crippen LogP contribution is -2.42. The van der Waals surface area contributed by atoms with Gasteiger partial charge in [0.25, 0.3) is 0 Å². The van der Waals surface area contributed by atoms with E-state index >= 15 is 0 Å². The van der Waals surface area contributed by atoms with Gasteiger partial charge in [-0.25, -0.2) is 4.79 Å². The first-order valence-electron chi connectivity index (χ1n) is 7.20. The van der Waals surface area contributed by atoms with E-state index in [9.17, 15) is 9.59 Å². The zero-order valence-corrected chi connectivity index (χ0v) is 15.7. The molecule has 1 saturated heterocycles. The molecule has 7 heteroatoms. The Labute approximate surface area is 142 Å². The molecule has 1 heterocycles. The third-order valence-electron chi connectivity index (χ3n) is 3.65. The van der Waals surface area contributed by atoms with Gasteiger partial charge in [-0.2, -0.15) is 0 Å². The summed E-state index contributed by atoms with van der Waals surface area (Å²) in [5.41, 5.74) is -0.438. The molecule has 1 aliphatic rings. The Balaban J connectivity index is 2.24. The molecule has 1 N–H and O–H groups in total. The SMILES string of the molecule is CC(C)(OC(=O)CCCOC(=O)C(Br)Br)C1CCNCC1. The predicted octanol–water partition coefficient (Wildman–Crippen LogP) is 2.75. The molecule has 0 radical (unpaired) electrons. The van der Waals surface area contributed by atoms with Crippen molar-refractivity contribution in [3.8, 4) is 0 Å². The summed E-state index contributed by atoms with van der Waals surface area (Å²) < 4.78 is 10.1. The van der Waals surface area contributed by atoms with E-state index in [4.69, 9.17) is 9.47 Å². The minimum Gasteiger partial charge on any atom is -0.464 e. The summed E-state index contributed by atoms with van der Waals surface area (Å²) in [5.74, 6) is -0.231. The molecule has 1 aliphatic heterocycles. The highest BCUT2D eigenvalue weighted by molar-refractivity contribution is 9.25. The van der Waals surface area contributed by atoms with Crippen LogP contribution in [0.1, 0.15) is 39.5 Å². The van der Waals surface area contributed by atoms with Crippen molar-refractivity contribution in [3.63, 3.8) is 0 Å². The summed E-state index contributed by atoms with van der Waals surface area (Å²) >= 11 is 6.10. The molecule has 0 spiro atoms. The Morgan fingerprint density at radius 3 is 2.48 bits per heavy atom. The third kappa shape index (κ3) is 7.10. The number of halogens is 2. The second-order valence-corrected chi connectivity index (χ2v) is 8.73.